The van der Waals surface area contributed by atoms with Crippen LogP contribution in [-0.2, 0) is 6.42 Å². The zero-order chi connectivity index (χ0) is 18.1. The van der Waals surface area contributed by atoms with Gasteiger partial charge < -0.3 is 4.74 Å². The number of ketones is 1. The standard InChI is InChI=1S/C21H19N3O2/c1-13-6-3-10-17(22-13)21-23-16-9-5-11-18(25)19(16)20(24-21)14-7-4-8-15(12-14)26-2/h3-4,6-8,10,12H,5,9,11H2,1-2H3. The molecule has 0 N–H and O–H groups in total. The van der Waals surface area contributed by atoms with Gasteiger partial charge in [0.1, 0.15) is 11.4 Å². The van der Waals surface area contributed by atoms with Crippen LogP contribution in [0.5, 0.6) is 5.75 Å². The van der Waals surface area contributed by atoms with Crippen molar-refractivity contribution in [2.24, 2.45) is 0 Å². The third-order valence-electron chi connectivity index (χ3n) is 4.54. The molecule has 2 aromatic heterocycles. The number of fused-ring (bicyclic) bond motifs is 1. The molecule has 130 valence electrons. The van der Waals surface area contributed by atoms with Gasteiger partial charge in [0.15, 0.2) is 11.6 Å². The van der Waals surface area contributed by atoms with Gasteiger partial charge in [-0.2, -0.15) is 0 Å². The van der Waals surface area contributed by atoms with E-state index < -0.39 is 0 Å². The first-order valence-electron chi connectivity index (χ1n) is 8.68. The monoisotopic (exact) mass is 345 g/mol. The lowest BCUT2D eigenvalue weighted by Gasteiger charge is -2.18. The molecule has 5 nitrogen and oxygen atoms in total. The molecular weight excluding hydrogens is 326 g/mol. The van der Waals surface area contributed by atoms with Crippen LogP contribution in [0.2, 0.25) is 0 Å². The summed E-state index contributed by atoms with van der Waals surface area (Å²) in [4.78, 5) is 26.6. The molecule has 5 heteroatoms. The summed E-state index contributed by atoms with van der Waals surface area (Å²) in [6, 6.07) is 13.4. The van der Waals surface area contributed by atoms with Gasteiger partial charge in [-0.15, -0.1) is 0 Å². The number of carbonyl (C=O) groups is 1. The van der Waals surface area contributed by atoms with Crippen LogP contribution in [0, 0.1) is 6.92 Å². The zero-order valence-electron chi connectivity index (χ0n) is 14.8. The summed E-state index contributed by atoms with van der Waals surface area (Å²) in [5.74, 6) is 1.39. The van der Waals surface area contributed by atoms with E-state index in [-0.39, 0.29) is 5.78 Å². The first kappa shape index (κ1) is 16.4. The van der Waals surface area contributed by atoms with Crippen LogP contribution in [0.15, 0.2) is 42.5 Å². The van der Waals surface area contributed by atoms with Gasteiger partial charge in [0.2, 0.25) is 0 Å². The Labute approximate surface area is 152 Å². The van der Waals surface area contributed by atoms with E-state index in [1.165, 1.54) is 0 Å². The average molecular weight is 345 g/mol. The van der Waals surface area contributed by atoms with Crippen molar-refractivity contribution >= 4 is 5.78 Å². The van der Waals surface area contributed by atoms with Crippen LogP contribution in [-0.4, -0.2) is 27.8 Å². The summed E-state index contributed by atoms with van der Waals surface area (Å²) in [6.45, 7) is 1.94. The third-order valence-corrected chi connectivity index (χ3v) is 4.54. The molecule has 4 rings (SSSR count). The van der Waals surface area contributed by atoms with Crippen LogP contribution in [0.3, 0.4) is 0 Å². The van der Waals surface area contributed by atoms with Crippen LogP contribution in [0.1, 0.15) is 34.6 Å². The second kappa shape index (κ2) is 6.67. The molecule has 2 heterocycles. The highest BCUT2D eigenvalue weighted by molar-refractivity contribution is 6.03. The van der Waals surface area contributed by atoms with Crippen LogP contribution in [0.25, 0.3) is 22.8 Å². The van der Waals surface area contributed by atoms with Gasteiger partial charge in [0.25, 0.3) is 0 Å². The van der Waals surface area contributed by atoms with Gasteiger partial charge in [-0.05, 0) is 44.0 Å². The topological polar surface area (TPSA) is 65.0 Å². The van der Waals surface area contributed by atoms with E-state index in [9.17, 15) is 4.79 Å². The molecule has 26 heavy (non-hydrogen) atoms. The number of rotatable bonds is 3. The van der Waals surface area contributed by atoms with Gasteiger partial charge in [-0.1, -0.05) is 18.2 Å². The Bertz CT molecular complexity index is 998. The Balaban J connectivity index is 1.96. The molecule has 0 amide bonds. The van der Waals surface area contributed by atoms with E-state index in [2.05, 4.69) is 9.97 Å². The summed E-state index contributed by atoms with van der Waals surface area (Å²) in [5.41, 5.74) is 4.59. The molecule has 3 aromatic rings. The third kappa shape index (κ3) is 2.96. The van der Waals surface area contributed by atoms with E-state index >= 15 is 0 Å². The predicted octanol–water partition coefficient (Wildman–Crippen LogP) is 4.04. The first-order chi connectivity index (χ1) is 12.7. The van der Waals surface area contributed by atoms with Gasteiger partial charge in [0.05, 0.1) is 24.1 Å². The minimum atomic E-state index is 0.104. The first-order valence-corrected chi connectivity index (χ1v) is 8.68. The number of aryl methyl sites for hydroxylation is 2. The molecule has 1 aromatic carbocycles. The number of pyridine rings is 1. The van der Waals surface area contributed by atoms with Crippen molar-refractivity contribution in [3.8, 4) is 28.5 Å². The predicted molar refractivity (Wildman–Crippen MR) is 99.3 cm³/mol. The van der Waals surface area contributed by atoms with Gasteiger partial charge in [0, 0.05) is 17.7 Å². The van der Waals surface area contributed by atoms with Crippen molar-refractivity contribution in [3.05, 3.63) is 59.4 Å². The highest BCUT2D eigenvalue weighted by atomic mass is 16.5. The Morgan fingerprint density at radius 3 is 2.65 bits per heavy atom. The minimum absolute atomic E-state index is 0.104. The van der Waals surface area contributed by atoms with Crippen molar-refractivity contribution in [2.45, 2.75) is 26.2 Å². The molecule has 0 atom stereocenters. The lowest BCUT2D eigenvalue weighted by Crippen LogP contribution is -2.16. The molecule has 0 fully saturated rings. The SMILES string of the molecule is COc1cccc(-c2nc(-c3cccc(C)n3)nc3c2C(=O)CCC3)c1. The van der Waals surface area contributed by atoms with Crippen LogP contribution in [0.4, 0.5) is 0 Å². The normalized spacial score (nSPS) is 13.4. The maximum Gasteiger partial charge on any atom is 0.179 e. The highest BCUT2D eigenvalue weighted by Gasteiger charge is 2.26. The summed E-state index contributed by atoms with van der Waals surface area (Å²) in [7, 11) is 1.63. The fraction of sp³-hybridized carbons (Fsp3) is 0.238. The number of aromatic nitrogens is 3. The van der Waals surface area contributed by atoms with E-state index in [1.807, 2.05) is 49.4 Å². The van der Waals surface area contributed by atoms with Gasteiger partial charge in [-0.25, -0.2) is 15.0 Å². The fourth-order valence-electron chi connectivity index (χ4n) is 3.28. The fourth-order valence-corrected chi connectivity index (χ4v) is 3.28. The van der Waals surface area contributed by atoms with Crippen LogP contribution < -0.4 is 4.74 Å². The highest BCUT2D eigenvalue weighted by Crippen LogP contribution is 2.32. The Hall–Kier alpha value is -3.08. The number of benzene rings is 1. The Morgan fingerprint density at radius 2 is 1.85 bits per heavy atom. The van der Waals surface area contributed by atoms with Crippen molar-refractivity contribution < 1.29 is 9.53 Å². The van der Waals surface area contributed by atoms with Gasteiger partial charge in [-0.3, -0.25) is 4.79 Å². The van der Waals surface area contributed by atoms with E-state index in [1.54, 1.807) is 7.11 Å². The quantitative estimate of drug-likeness (QED) is 0.717. The summed E-state index contributed by atoms with van der Waals surface area (Å²) in [6.07, 6.45) is 2.13. The lowest BCUT2D eigenvalue weighted by atomic mass is 9.91. The number of methoxy groups -OCH3 is 1. The molecule has 0 saturated heterocycles. The number of Topliss-reactive ketones (excluding diaryl/α,β-unsaturated/α-hetero) is 1. The molecule has 0 saturated carbocycles. The summed E-state index contributed by atoms with van der Waals surface area (Å²) < 4.78 is 5.34. The zero-order valence-corrected chi connectivity index (χ0v) is 14.8. The van der Waals surface area contributed by atoms with Gasteiger partial charge >= 0.3 is 0 Å². The molecule has 0 aliphatic heterocycles. The average Bonchev–Trinajstić information content (AvgIpc) is 2.67. The number of hydrogen-bond acceptors (Lipinski definition) is 5. The van der Waals surface area contributed by atoms with Crippen molar-refractivity contribution in [2.75, 3.05) is 7.11 Å². The second-order valence-electron chi connectivity index (χ2n) is 6.39. The molecule has 0 radical (unpaired) electrons. The smallest absolute Gasteiger partial charge is 0.179 e. The van der Waals surface area contributed by atoms with E-state index in [0.29, 0.717) is 23.5 Å². The molecule has 0 spiro atoms. The van der Waals surface area contributed by atoms with Crippen LogP contribution >= 0.6 is 0 Å². The number of ether oxygens (including phenoxy) is 1. The van der Waals surface area contributed by atoms with Crippen molar-refractivity contribution in [1.29, 1.82) is 0 Å². The molecule has 0 unspecified atom stereocenters. The number of carbonyl (C=O) groups excluding carboxylic acids is 1. The van der Waals surface area contributed by atoms with Crippen molar-refractivity contribution in [1.82, 2.24) is 15.0 Å². The second-order valence-corrected chi connectivity index (χ2v) is 6.39. The maximum atomic E-state index is 12.6. The summed E-state index contributed by atoms with van der Waals surface area (Å²) in [5, 5.41) is 0. The van der Waals surface area contributed by atoms with E-state index in [4.69, 9.17) is 9.72 Å². The largest absolute Gasteiger partial charge is 0.497 e. The van der Waals surface area contributed by atoms with E-state index in [0.717, 1.165) is 41.2 Å². The Kier molecular flexibility index (Phi) is 4.21. The van der Waals surface area contributed by atoms with Crippen molar-refractivity contribution in [3.63, 3.8) is 0 Å². The maximum absolute atomic E-state index is 12.6. The molecular formula is C21H19N3O2. The number of nitrogens with zero attached hydrogens (tertiary/aromatic N) is 3. The minimum Gasteiger partial charge on any atom is -0.497 e. The molecule has 1 aliphatic rings. The molecule has 0 bridgehead atoms. The molecule has 1 aliphatic carbocycles. The Morgan fingerprint density at radius 1 is 1.00 bits per heavy atom. The summed E-state index contributed by atoms with van der Waals surface area (Å²) >= 11 is 0. The lowest BCUT2D eigenvalue weighted by molar-refractivity contribution is 0.0972. The number of hydrogen-bond donors (Lipinski definition) is 0.